The molecule has 1 saturated heterocycles. The molecule has 5 heteroatoms. The van der Waals surface area contributed by atoms with Crippen LogP contribution in [0.2, 0.25) is 5.02 Å². The van der Waals surface area contributed by atoms with E-state index >= 15 is 0 Å². The van der Waals surface area contributed by atoms with Gasteiger partial charge in [-0.25, -0.2) is 0 Å². The van der Waals surface area contributed by atoms with Gasteiger partial charge in [-0.1, -0.05) is 41.9 Å². The zero-order valence-corrected chi connectivity index (χ0v) is 18.5. The molecular formula is C27H24ClN3O. The minimum absolute atomic E-state index is 0.176. The Hall–Kier alpha value is -3.21. The van der Waals surface area contributed by atoms with E-state index < -0.39 is 0 Å². The molecule has 0 radical (unpaired) electrons. The topological polar surface area (TPSA) is 45.2 Å². The monoisotopic (exact) mass is 441 g/mol. The van der Waals surface area contributed by atoms with E-state index in [9.17, 15) is 4.79 Å². The van der Waals surface area contributed by atoms with Gasteiger partial charge < -0.3 is 5.32 Å². The lowest BCUT2D eigenvalue weighted by Gasteiger charge is -2.15. The zero-order valence-electron chi connectivity index (χ0n) is 17.7. The second-order valence-corrected chi connectivity index (χ2v) is 8.71. The first-order valence-electron chi connectivity index (χ1n) is 10.9. The van der Waals surface area contributed by atoms with Crippen molar-refractivity contribution in [3.8, 4) is 11.3 Å². The van der Waals surface area contributed by atoms with Gasteiger partial charge in [0.25, 0.3) is 5.91 Å². The first-order chi connectivity index (χ1) is 15.6. The molecule has 0 bridgehead atoms. The predicted octanol–water partition coefficient (Wildman–Crippen LogP) is 6.40. The number of amides is 1. The summed E-state index contributed by atoms with van der Waals surface area (Å²) in [4.78, 5) is 19.7. The third-order valence-corrected chi connectivity index (χ3v) is 6.19. The highest BCUT2D eigenvalue weighted by Gasteiger charge is 2.12. The molecule has 0 unspecified atom stereocenters. The van der Waals surface area contributed by atoms with Crippen LogP contribution >= 0.6 is 11.6 Å². The van der Waals surface area contributed by atoms with Crippen molar-refractivity contribution in [2.75, 3.05) is 18.4 Å². The fourth-order valence-electron chi connectivity index (χ4n) is 4.19. The predicted molar refractivity (Wildman–Crippen MR) is 131 cm³/mol. The zero-order chi connectivity index (χ0) is 21.9. The largest absolute Gasteiger partial charge is 0.322 e. The number of hydrogen-bond acceptors (Lipinski definition) is 3. The molecule has 1 fully saturated rings. The van der Waals surface area contributed by atoms with Gasteiger partial charge in [0, 0.05) is 29.0 Å². The summed E-state index contributed by atoms with van der Waals surface area (Å²) in [5, 5.41) is 5.97. The lowest BCUT2D eigenvalue weighted by Crippen LogP contribution is -2.18. The Morgan fingerprint density at radius 2 is 1.66 bits per heavy atom. The van der Waals surface area contributed by atoms with Crippen LogP contribution in [-0.2, 0) is 6.54 Å². The maximum atomic E-state index is 12.7. The van der Waals surface area contributed by atoms with E-state index in [0.29, 0.717) is 10.6 Å². The third-order valence-electron chi connectivity index (χ3n) is 5.93. The summed E-state index contributed by atoms with van der Waals surface area (Å²) in [7, 11) is 0. The number of hydrogen-bond donors (Lipinski definition) is 1. The fourth-order valence-corrected chi connectivity index (χ4v) is 4.32. The van der Waals surface area contributed by atoms with Crippen molar-refractivity contribution in [2.45, 2.75) is 19.4 Å². The molecule has 4 aromatic rings. The van der Waals surface area contributed by atoms with E-state index in [2.05, 4.69) is 39.5 Å². The summed E-state index contributed by atoms with van der Waals surface area (Å²) in [5.74, 6) is -0.176. The lowest BCUT2D eigenvalue weighted by molar-refractivity contribution is 0.102. The highest BCUT2D eigenvalue weighted by Crippen LogP contribution is 2.23. The molecule has 4 nitrogen and oxygen atoms in total. The lowest BCUT2D eigenvalue weighted by atomic mass is 10.1. The number of rotatable bonds is 5. The van der Waals surface area contributed by atoms with Crippen molar-refractivity contribution in [3.63, 3.8) is 0 Å². The van der Waals surface area contributed by atoms with Crippen molar-refractivity contribution in [1.82, 2.24) is 9.88 Å². The Labute approximate surface area is 192 Å². The van der Waals surface area contributed by atoms with Gasteiger partial charge in [-0.3, -0.25) is 14.7 Å². The number of anilines is 1. The molecule has 1 aliphatic rings. The van der Waals surface area contributed by atoms with Gasteiger partial charge in [0.05, 0.1) is 11.3 Å². The second-order valence-electron chi connectivity index (χ2n) is 8.27. The van der Waals surface area contributed by atoms with Crippen LogP contribution in [0.3, 0.4) is 0 Å². The van der Waals surface area contributed by atoms with Gasteiger partial charge in [0.2, 0.25) is 0 Å². The Morgan fingerprint density at radius 3 is 2.41 bits per heavy atom. The molecule has 1 amide bonds. The third kappa shape index (κ3) is 4.67. The van der Waals surface area contributed by atoms with Crippen LogP contribution in [-0.4, -0.2) is 28.9 Å². The van der Waals surface area contributed by atoms with Crippen LogP contribution in [0.1, 0.15) is 28.8 Å². The number of carbonyl (C=O) groups excluding carboxylic acids is 1. The molecule has 1 N–H and O–H groups in total. The van der Waals surface area contributed by atoms with Crippen LogP contribution in [0.25, 0.3) is 22.0 Å². The smallest absolute Gasteiger partial charge is 0.257 e. The maximum absolute atomic E-state index is 12.7. The van der Waals surface area contributed by atoms with Gasteiger partial charge in [0.15, 0.2) is 0 Å². The van der Waals surface area contributed by atoms with E-state index in [1.165, 1.54) is 36.9 Å². The van der Waals surface area contributed by atoms with E-state index in [1.54, 1.807) is 12.3 Å². The molecule has 32 heavy (non-hydrogen) atoms. The Morgan fingerprint density at radius 1 is 0.906 bits per heavy atom. The quantitative estimate of drug-likeness (QED) is 0.389. The van der Waals surface area contributed by atoms with E-state index in [-0.39, 0.29) is 5.91 Å². The van der Waals surface area contributed by atoms with Gasteiger partial charge >= 0.3 is 0 Å². The summed E-state index contributed by atoms with van der Waals surface area (Å²) in [6.07, 6.45) is 4.21. The standard InChI is InChI=1S/C27H24ClN3O/c28-24-9-5-20(6-10-24)26-12-8-23(17-29-26)27(32)30-25-11-7-21-15-19(3-4-22(21)16-25)18-31-13-1-2-14-31/h3-12,15-17H,1-2,13-14,18H2,(H,30,32). The summed E-state index contributed by atoms with van der Waals surface area (Å²) in [5.41, 5.74) is 4.39. The van der Waals surface area contributed by atoms with Crippen molar-refractivity contribution in [2.24, 2.45) is 0 Å². The number of likely N-dealkylation sites (tertiary alicyclic amines) is 1. The minimum Gasteiger partial charge on any atom is -0.322 e. The first kappa shape index (κ1) is 20.7. The highest BCUT2D eigenvalue weighted by atomic mass is 35.5. The summed E-state index contributed by atoms with van der Waals surface area (Å²) in [6.45, 7) is 3.39. The SMILES string of the molecule is O=C(Nc1ccc2cc(CN3CCCC3)ccc2c1)c1ccc(-c2ccc(Cl)cc2)nc1. The molecule has 0 saturated carbocycles. The maximum Gasteiger partial charge on any atom is 0.257 e. The summed E-state index contributed by atoms with van der Waals surface area (Å²) < 4.78 is 0. The minimum atomic E-state index is -0.176. The molecule has 2 heterocycles. The molecule has 0 atom stereocenters. The molecule has 1 aliphatic heterocycles. The number of nitrogens with zero attached hydrogens (tertiary/aromatic N) is 2. The van der Waals surface area contributed by atoms with E-state index in [4.69, 9.17) is 11.6 Å². The number of carbonyl (C=O) groups is 1. The van der Waals surface area contributed by atoms with Crippen LogP contribution < -0.4 is 5.32 Å². The van der Waals surface area contributed by atoms with Crippen molar-refractivity contribution >= 4 is 34.0 Å². The van der Waals surface area contributed by atoms with Crippen LogP contribution in [0.5, 0.6) is 0 Å². The molecule has 0 spiro atoms. The average Bonchev–Trinajstić information content (AvgIpc) is 3.33. The van der Waals surface area contributed by atoms with E-state index in [1.807, 2.05) is 42.5 Å². The number of halogens is 1. The van der Waals surface area contributed by atoms with E-state index in [0.717, 1.165) is 28.9 Å². The fraction of sp³-hybridized carbons (Fsp3) is 0.185. The molecular weight excluding hydrogens is 418 g/mol. The molecule has 5 rings (SSSR count). The average molecular weight is 442 g/mol. The van der Waals surface area contributed by atoms with Gasteiger partial charge in [-0.15, -0.1) is 0 Å². The number of aromatic nitrogens is 1. The number of benzene rings is 3. The second kappa shape index (κ2) is 9.11. The van der Waals surface area contributed by atoms with Gasteiger partial charge in [-0.05, 0) is 84.7 Å². The van der Waals surface area contributed by atoms with Gasteiger partial charge in [-0.2, -0.15) is 0 Å². The number of nitrogens with one attached hydrogen (secondary N) is 1. The van der Waals surface area contributed by atoms with Crippen LogP contribution in [0.15, 0.2) is 79.0 Å². The molecule has 160 valence electrons. The highest BCUT2D eigenvalue weighted by molar-refractivity contribution is 6.30. The van der Waals surface area contributed by atoms with Crippen molar-refractivity contribution in [1.29, 1.82) is 0 Å². The van der Waals surface area contributed by atoms with Crippen LogP contribution in [0.4, 0.5) is 5.69 Å². The Balaban J connectivity index is 1.28. The number of fused-ring (bicyclic) bond motifs is 1. The Bertz CT molecular complexity index is 1250. The Kier molecular flexibility index (Phi) is 5.89. The van der Waals surface area contributed by atoms with Crippen molar-refractivity contribution < 1.29 is 4.79 Å². The number of pyridine rings is 1. The first-order valence-corrected chi connectivity index (χ1v) is 11.3. The molecule has 0 aliphatic carbocycles. The van der Waals surface area contributed by atoms with Crippen LogP contribution in [0, 0.1) is 0 Å². The van der Waals surface area contributed by atoms with Crippen molar-refractivity contribution in [3.05, 3.63) is 95.1 Å². The normalized spacial score (nSPS) is 14.0. The summed E-state index contributed by atoms with van der Waals surface area (Å²) in [6, 6.07) is 23.7. The molecule has 1 aromatic heterocycles. The molecule has 3 aromatic carbocycles. The van der Waals surface area contributed by atoms with Gasteiger partial charge in [0.1, 0.15) is 0 Å². The summed E-state index contributed by atoms with van der Waals surface area (Å²) >= 11 is 5.95.